The standard InChI is InChI=1S/C29H34BrN3O6/c1-5-38-19-11-9-18(10-12-19)31-26(35)21-22-28(37)33(17(4)14-34)25(29(22)13-20(30)24(21)39-29)27(36)32-23-15(2)7-6-8-16(23)3/h6-12,17,20-22,24-25,34H,5,13-14H2,1-4H3,(H,31,35)(H,32,36)/t17-,20?,21-,22+,24-,25?,29?/m1/s1. The first-order chi connectivity index (χ1) is 18.6. The highest BCUT2D eigenvalue weighted by molar-refractivity contribution is 9.09. The summed E-state index contributed by atoms with van der Waals surface area (Å²) in [5.41, 5.74) is 1.83. The van der Waals surface area contributed by atoms with Crippen LogP contribution >= 0.6 is 15.9 Å². The lowest BCUT2D eigenvalue weighted by Crippen LogP contribution is -2.56. The van der Waals surface area contributed by atoms with Crippen molar-refractivity contribution in [1.82, 2.24) is 4.90 Å². The average molecular weight is 601 g/mol. The number of nitrogens with zero attached hydrogens (tertiary/aromatic N) is 1. The molecule has 3 amide bonds. The van der Waals surface area contributed by atoms with Crippen LogP contribution < -0.4 is 15.4 Å². The fourth-order valence-electron chi connectivity index (χ4n) is 6.46. The maximum Gasteiger partial charge on any atom is 0.250 e. The number of fused-ring (bicyclic) bond motifs is 1. The molecule has 0 aromatic heterocycles. The molecule has 9 nitrogen and oxygen atoms in total. The quantitative estimate of drug-likeness (QED) is 0.400. The van der Waals surface area contributed by atoms with E-state index >= 15 is 0 Å². The van der Waals surface area contributed by atoms with Crippen LogP contribution in [0.1, 0.15) is 31.4 Å². The van der Waals surface area contributed by atoms with Crippen LogP contribution in [0.25, 0.3) is 0 Å². The molecule has 3 aliphatic rings. The summed E-state index contributed by atoms with van der Waals surface area (Å²) in [7, 11) is 0. The number of carbonyl (C=O) groups is 3. The van der Waals surface area contributed by atoms with Gasteiger partial charge in [-0.2, -0.15) is 0 Å². The fraction of sp³-hybridized carbons (Fsp3) is 0.483. The van der Waals surface area contributed by atoms with Gasteiger partial charge in [-0.15, -0.1) is 0 Å². The Morgan fingerprint density at radius 2 is 1.82 bits per heavy atom. The SMILES string of the molecule is CCOc1ccc(NC(=O)[C@H]2[C@@H]3OC4(CC3Br)C(C(=O)Nc3c(C)cccc3C)N([C@H](C)CO)C(=O)[C@H]24)cc1. The van der Waals surface area contributed by atoms with Crippen molar-refractivity contribution in [2.45, 2.75) is 62.7 Å². The molecular formula is C29H34BrN3O6. The molecule has 1 spiro atoms. The van der Waals surface area contributed by atoms with Crippen LogP contribution in [0.2, 0.25) is 0 Å². The Hall–Kier alpha value is -2.95. The number of para-hydroxylation sites is 1. The third-order valence-electron chi connectivity index (χ3n) is 8.18. The number of alkyl halides is 1. The summed E-state index contributed by atoms with van der Waals surface area (Å²) in [5, 5.41) is 16.0. The minimum Gasteiger partial charge on any atom is -0.494 e. The number of aliphatic hydroxyl groups excluding tert-OH is 1. The van der Waals surface area contributed by atoms with Crippen LogP contribution in [-0.4, -0.2) is 69.6 Å². The zero-order valence-corrected chi connectivity index (χ0v) is 24.0. The summed E-state index contributed by atoms with van der Waals surface area (Å²) in [6, 6.07) is 11.1. The molecule has 3 fully saturated rings. The van der Waals surface area contributed by atoms with Crippen molar-refractivity contribution in [3.05, 3.63) is 53.6 Å². The second kappa shape index (κ2) is 10.6. The molecule has 3 unspecified atom stereocenters. The predicted octanol–water partition coefficient (Wildman–Crippen LogP) is 3.41. The maximum absolute atomic E-state index is 14.0. The van der Waals surface area contributed by atoms with E-state index in [9.17, 15) is 19.5 Å². The highest BCUT2D eigenvalue weighted by Gasteiger charge is 2.76. The zero-order chi connectivity index (χ0) is 28.1. The number of aryl methyl sites for hydroxylation is 2. The van der Waals surface area contributed by atoms with Crippen molar-refractivity contribution in [2.75, 3.05) is 23.8 Å². The van der Waals surface area contributed by atoms with Gasteiger partial charge in [0.1, 0.15) is 17.4 Å². The van der Waals surface area contributed by atoms with Gasteiger partial charge in [0.2, 0.25) is 17.7 Å². The summed E-state index contributed by atoms with van der Waals surface area (Å²) in [6.45, 7) is 7.61. The number of halogens is 1. The van der Waals surface area contributed by atoms with Gasteiger partial charge < -0.3 is 30.1 Å². The van der Waals surface area contributed by atoms with E-state index < -0.39 is 41.5 Å². The normalized spacial score (nSPS) is 29.7. The number of anilines is 2. The van der Waals surface area contributed by atoms with Crippen molar-refractivity contribution in [3.63, 3.8) is 0 Å². The van der Waals surface area contributed by atoms with Gasteiger partial charge in [0.05, 0.1) is 37.2 Å². The molecule has 2 bridgehead atoms. The lowest BCUT2D eigenvalue weighted by atomic mass is 9.70. The Bertz CT molecular complexity index is 1270. The zero-order valence-electron chi connectivity index (χ0n) is 22.4. The first kappa shape index (κ1) is 27.6. The Morgan fingerprint density at radius 1 is 1.15 bits per heavy atom. The van der Waals surface area contributed by atoms with Crippen molar-refractivity contribution < 1.29 is 29.0 Å². The number of amides is 3. The average Bonchev–Trinajstić information content (AvgIpc) is 3.50. The largest absolute Gasteiger partial charge is 0.494 e. The van der Waals surface area contributed by atoms with Gasteiger partial charge in [0.15, 0.2) is 0 Å². The summed E-state index contributed by atoms with van der Waals surface area (Å²) in [4.78, 5) is 42.9. The number of hydrogen-bond donors (Lipinski definition) is 3. The molecule has 10 heteroatoms. The van der Waals surface area contributed by atoms with Crippen LogP contribution in [0, 0.1) is 25.7 Å². The molecule has 2 aromatic rings. The third-order valence-corrected chi connectivity index (χ3v) is 9.02. The first-order valence-corrected chi connectivity index (χ1v) is 14.2. The number of likely N-dealkylation sites (tertiary alicyclic amines) is 1. The van der Waals surface area contributed by atoms with Crippen molar-refractivity contribution in [2.24, 2.45) is 11.8 Å². The van der Waals surface area contributed by atoms with Gasteiger partial charge >= 0.3 is 0 Å². The number of benzene rings is 2. The van der Waals surface area contributed by atoms with Gasteiger partial charge in [0.25, 0.3) is 0 Å². The maximum atomic E-state index is 14.0. The molecule has 0 aliphatic carbocycles. The summed E-state index contributed by atoms with van der Waals surface area (Å²) in [6.07, 6.45) is -0.191. The van der Waals surface area contributed by atoms with E-state index in [0.717, 1.165) is 11.1 Å². The van der Waals surface area contributed by atoms with Gasteiger partial charge in [-0.05, 0) is 69.5 Å². The van der Waals surface area contributed by atoms with Crippen LogP contribution in [0.3, 0.4) is 0 Å². The number of carbonyl (C=O) groups excluding carboxylic acids is 3. The summed E-state index contributed by atoms with van der Waals surface area (Å²) in [5.74, 6) is -2.07. The van der Waals surface area contributed by atoms with E-state index in [0.29, 0.717) is 30.2 Å². The number of nitrogens with one attached hydrogen (secondary N) is 2. The van der Waals surface area contributed by atoms with Crippen molar-refractivity contribution in [3.8, 4) is 5.75 Å². The molecule has 3 heterocycles. The van der Waals surface area contributed by atoms with Gasteiger partial charge in [0, 0.05) is 16.2 Å². The van der Waals surface area contributed by atoms with Crippen molar-refractivity contribution >= 4 is 45.0 Å². The Kier molecular flexibility index (Phi) is 7.47. The molecule has 2 aromatic carbocycles. The molecule has 5 rings (SSSR count). The highest BCUT2D eigenvalue weighted by Crippen LogP contribution is 2.60. The lowest BCUT2D eigenvalue weighted by Gasteiger charge is -2.36. The van der Waals surface area contributed by atoms with E-state index in [4.69, 9.17) is 9.47 Å². The minimum absolute atomic E-state index is 0.225. The van der Waals surface area contributed by atoms with E-state index in [1.165, 1.54) is 4.90 Å². The predicted molar refractivity (Wildman–Crippen MR) is 150 cm³/mol. The van der Waals surface area contributed by atoms with E-state index in [-0.39, 0.29) is 23.2 Å². The van der Waals surface area contributed by atoms with Crippen LogP contribution in [0.5, 0.6) is 5.75 Å². The lowest BCUT2D eigenvalue weighted by molar-refractivity contribution is -0.142. The summed E-state index contributed by atoms with van der Waals surface area (Å²) < 4.78 is 12.0. The topological polar surface area (TPSA) is 117 Å². The van der Waals surface area contributed by atoms with Crippen LogP contribution in [0.15, 0.2) is 42.5 Å². The third kappa shape index (κ3) is 4.52. The Balaban J connectivity index is 1.48. The van der Waals surface area contributed by atoms with E-state index in [2.05, 4.69) is 26.6 Å². The second-order valence-corrected chi connectivity index (χ2v) is 11.8. The second-order valence-electron chi connectivity index (χ2n) is 10.6. The number of hydrogen-bond acceptors (Lipinski definition) is 6. The molecule has 3 saturated heterocycles. The monoisotopic (exact) mass is 599 g/mol. The molecule has 3 aliphatic heterocycles. The molecule has 39 heavy (non-hydrogen) atoms. The number of rotatable bonds is 8. The highest BCUT2D eigenvalue weighted by atomic mass is 79.9. The van der Waals surface area contributed by atoms with E-state index in [1.807, 2.05) is 39.0 Å². The van der Waals surface area contributed by atoms with Gasteiger partial charge in [-0.25, -0.2) is 0 Å². The molecule has 7 atom stereocenters. The smallest absolute Gasteiger partial charge is 0.250 e. The molecule has 0 saturated carbocycles. The Labute approximate surface area is 236 Å². The number of aliphatic hydroxyl groups is 1. The first-order valence-electron chi connectivity index (χ1n) is 13.3. The summed E-state index contributed by atoms with van der Waals surface area (Å²) >= 11 is 3.68. The fourth-order valence-corrected chi connectivity index (χ4v) is 7.40. The molecule has 3 N–H and O–H groups in total. The van der Waals surface area contributed by atoms with Gasteiger partial charge in [-0.3, -0.25) is 14.4 Å². The Morgan fingerprint density at radius 3 is 2.44 bits per heavy atom. The van der Waals surface area contributed by atoms with Crippen LogP contribution in [0.4, 0.5) is 11.4 Å². The minimum atomic E-state index is -1.21. The van der Waals surface area contributed by atoms with Crippen LogP contribution in [-0.2, 0) is 19.1 Å². The number of ether oxygens (including phenoxy) is 2. The van der Waals surface area contributed by atoms with Crippen molar-refractivity contribution in [1.29, 1.82) is 0 Å². The molecule has 208 valence electrons. The molecular weight excluding hydrogens is 566 g/mol. The van der Waals surface area contributed by atoms with E-state index in [1.54, 1.807) is 31.2 Å². The van der Waals surface area contributed by atoms with Gasteiger partial charge in [-0.1, -0.05) is 34.1 Å². The molecule has 0 radical (unpaired) electrons.